The maximum absolute atomic E-state index is 13.6. The van der Waals surface area contributed by atoms with E-state index in [1.807, 2.05) is 76.2 Å². The van der Waals surface area contributed by atoms with Crippen LogP contribution in [0.3, 0.4) is 0 Å². The molecular formula is C27H32O3S. The van der Waals surface area contributed by atoms with Crippen molar-refractivity contribution >= 4 is 17.5 Å². The number of allylic oxidation sites excluding steroid dienone is 1. The van der Waals surface area contributed by atoms with Gasteiger partial charge in [-0.1, -0.05) is 81.5 Å². The lowest BCUT2D eigenvalue weighted by atomic mass is 9.55. The van der Waals surface area contributed by atoms with Crippen LogP contribution in [-0.4, -0.2) is 23.2 Å². The molecule has 2 aromatic rings. The SMILES string of the molecule is C=C(C)[C@H]1C[C@]2(O[C@@H](c3ccccc3)O[C@@H]2CSc2ccccc2)C(C)(C)C(=O)[C@@H]1C. The van der Waals surface area contributed by atoms with Crippen LogP contribution in [0.25, 0.3) is 0 Å². The molecule has 5 atom stereocenters. The molecule has 4 rings (SSSR count). The third kappa shape index (κ3) is 3.90. The van der Waals surface area contributed by atoms with Crippen LogP contribution < -0.4 is 0 Å². The molecule has 0 aromatic heterocycles. The van der Waals surface area contributed by atoms with Crippen molar-refractivity contribution in [3.63, 3.8) is 0 Å². The number of carbonyl (C=O) groups is 1. The molecule has 3 nitrogen and oxygen atoms in total. The van der Waals surface area contributed by atoms with Crippen molar-refractivity contribution < 1.29 is 14.3 Å². The van der Waals surface area contributed by atoms with E-state index in [0.29, 0.717) is 0 Å². The molecular weight excluding hydrogens is 404 g/mol. The Kier molecular flexibility index (Phi) is 6.17. The summed E-state index contributed by atoms with van der Waals surface area (Å²) in [4.78, 5) is 14.8. The first-order valence-electron chi connectivity index (χ1n) is 11.0. The highest BCUT2D eigenvalue weighted by Crippen LogP contribution is 2.58. The molecule has 2 fully saturated rings. The van der Waals surface area contributed by atoms with Gasteiger partial charge in [-0.25, -0.2) is 0 Å². The minimum absolute atomic E-state index is 0.0695. The maximum atomic E-state index is 13.6. The number of carbonyl (C=O) groups excluding carboxylic acids is 1. The van der Waals surface area contributed by atoms with Crippen molar-refractivity contribution in [2.75, 3.05) is 5.75 Å². The molecule has 1 heterocycles. The predicted octanol–water partition coefficient (Wildman–Crippen LogP) is 6.46. The summed E-state index contributed by atoms with van der Waals surface area (Å²) in [6, 6.07) is 20.4. The maximum Gasteiger partial charge on any atom is 0.185 e. The van der Waals surface area contributed by atoms with E-state index >= 15 is 0 Å². The van der Waals surface area contributed by atoms with E-state index < -0.39 is 17.3 Å². The van der Waals surface area contributed by atoms with Crippen molar-refractivity contribution in [1.29, 1.82) is 0 Å². The Morgan fingerprint density at radius 2 is 1.71 bits per heavy atom. The van der Waals surface area contributed by atoms with Gasteiger partial charge in [0.25, 0.3) is 0 Å². The van der Waals surface area contributed by atoms with Crippen LogP contribution in [-0.2, 0) is 14.3 Å². The fourth-order valence-corrected chi connectivity index (χ4v) is 6.26. The summed E-state index contributed by atoms with van der Waals surface area (Å²) in [5.41, 5.74) is 0.659. The highest BCUT2D eigenvalue weighted by atomic mass is 32.2. The van der Waals surface area contributed by atoms with Crippen LogP contribution in [0.15, 0.2) is 77.7 Å². The summed E-state index contributed by atoms with van der Waals surface area (Å²) in [5.74, 6) is 0.975. The summed E-state index contributed by atoms with van der Waals surface area (Å²) in [5, 5.41) is 0. The number of rotatable bonds is 5. The summed E-state index contributed by atoms with van der Waals surface area (Å²) < 4.78 is 13.4. The van der Waals surface area contributed by atoms with Crippen LogP contribution in [0.4, 0.5) is 0 Å². The normalized spacial score (nSPS) is 32.3. The topological polar surface area (TPSA) is 35.5 Å². The molecule has 1 saturated carbocycles. The Morgan fingerprint density at radius 3 is 2.32 bits per heavy atom. The predicted molar refractivity (Wildman–Crippen MR) is 126 cm³/mol. The second-order valence-electron chi connectivity index (χ2n) is 9.43. The number of thioether (sulfide) groups is 1. The van der Waals surface area contributed by atoms with E-state index in [9.17, 15) is 4.79 Å². The first-order valence-corrected chi connectivity index (χ1v) is 12.0. The molecule has 4 heteroatoms. The van der Waals surface area contributed by atoms with Crippen molar-refractivity contribution in [2.24, 2.45) is 17.3 Å². The molecule has 0 radical (unpaired) electrons. The van der Waals surface area contributed by atoms with Crippen LogP contribution >= 0.6 is 11.8 Å². The molecule has 1 saturated heterocycles. The largest absolute Gasteiger partial charge is 0.341 e. The standard InChI is InChI=1S/C27H32O3S/c1-18(2)22-16-27(26(4,5)24(28)19(22)3)23(17-31-21-14-10-7-11-15-21)29-25(30-27)20-12-8-6-9-13-20/h6-15,19,22-23,25H,1,16-17H2,2-5H3/t19-,22-,23-,25+,27-/m1/s1. The van der Waals surface area contributed by atoms with Crippen LogP contribution in [0.1, 0.15) is 46.0 Å². The van der Waals surface area contributed by atoms with E-state index in [4.69, 9.17) is 9.47 Å². The van der Waals surface area contributed by atoms with Gasteiger partial charge in [-0.3, -0.25) is 4.79 Å². The minimum atomic E-state index is -0.706. The lowest BCUT2D eigenvalue weighted by molar-refractivity contribution is -0.179. The van der Waals surface area contributed by atoms with E-state index in [0.717, 1.165) is 23.3 Å². The van der Waals surface area contributed by atoms with E-state index in [-0.39, 0.29) is 23.7 Å². The lowest BCUT2D eigenvalue weighted by Gasteiger charge is -2.52. The zero-order valence-corrected chi connectivity index (χ0v) is 19.7. The summed E-state index contributed by atoms with van der Waals surface area (Å²) in [7, 11) is 0. The Labute approximate surface area is 190 Å². The van der Waals surface area contributed by atoms with Gasteiger partial charge in [0.2, 0.25) is 0 Å². The number of ketones is 1. The molecule has 0 N–H and O–H groups in total. The molecule has 1 spiro atoms. The minimum Gasteiger partial charge on any atom is -0.341 e. The lowest BCUT2D eigenvalue weighted by Crippen LogP contribution is -2.63. The van der Waals surface area contributed by atoms with Crippen LogP contribution in [0, 0.1) is 17.3 Å². The number of hydrogen-bond donors (Lipinski definition) is 0. The molecule has 1 aliphatic heterocycles. The number of hydrogen-bond acceptors (Lipinski definition) is 4. The smallest absolute Gasteiger partial charge is 0.185 e. The van der Waals surface area contributed by atoms with Gasteiger partial charge in [-0.2, -0.15) is 0 Å². The highest BCUT2D eigenvalue weighted by molar-refractivity contribution is 7.99. The van der Waals surface area contributed by atoms with Gasteiger partial charge in [-0.15, -0.1) is 11.8 Å². The average Bonchev–Trinajstić information content (AvgIpc) is 3.15. The van der Waals surface area contributed by atoms with Crippen molar-refractivity contribution in [1.82, 2.24) is 0 Å². The fourth-order valence-electron chi connectivity index (χ4n) is 5.22. The number of ether oxygens (including phenoxy) is 2. The van der Waals surface area contributed by atoms with Gasteiger partial charge in [-0.05, 0) is 31.4 Å². The first-order chi connectivity index (χ1) is 14.8. The highest BCUT2D eigenvalue weighted by Gasteiger charge is 2.65. The molecule has 0 amide bonds. The van der Waals surface area contributed by atoms with Crippen LogP contribution in [0.2, 0.25) is 0 Å². The van der Waals surface area contributed by atoms with E-state index in [1.165, 1.54) is 4.90 Å². The molecule has 31 heavy (non-hydrogen) atoms. The third-order valence-electron chi connectivity index (χ3n) is 7.19. The Hall–Kier alpha value is -1.88. The second kappa shape index (κ2) is 8.57. The van der Waals surface area contributed by atoms with Gasteiger partial charge < -0.3 is 9.47 Å². The molecule has 164 valence electrons. The van der Waals surface area contributed by atoms with Crippen LogP contribution in [0.5, 0.6) is 0 Å². The summed E-state index contributed by atoms with van der Waals surface area (Å²) in [6.07, 6.45) is 0.0519. The monoisotopic (exact) mass is 436 g/mol. The molecule has 1 aliphatic carbocycles. The fraction of sp³-hybridized carbons (Fsp3) is 0.444. The molecule has 0 unspecified atom stereocenters. The Balaban J connectivity index is 1.72. The quantitative estimate of drug-likeness (QED) is 0.398. The summed E-state index contributed by atoms with van der Waals surface area (Å²) in [6.45, 7) is 12.3. The Morgan fingerprint density at radius 1 is 1.10 bits per heavy atom. The number of Topliss-reactive ketones (excluding diaryl/α,β-unsaturated/α-hetero) is 1. The molecule has 0 bridgehead atoms. The number of benzene rings is 2. The van der Waals surface area contributed by atoms with Gasteiger partial charge in [0.05, 0.1) is 5.41 Å². The first kappa shape index (κ1) is 22.3. The molecule has 2 aliphatic rings. The molecule has 2 aromatic carbocycles. The van der Waals surface area contributed by atoms with E-state index in [2.05, 4.69) is 18.7 Å². The van der Waals surface area contributed by atoms with Gasteiger partial charge in [0.1, 0.15) is 17.5 Å². The van der Waals surface area contributed by atoms with Gasteiger partial charge >= 0.3 is 0 Å². The van der Waals surface area contributed by atoms with Gasteiger partial charge in [0.15, 0.2) is 6.29 Å². The zero-order chi connectivity index (χ0) is 22.2. The zero-order valence-electron chi connectivity index (χ0n) is 18.8. The van der Waals surface area contributed by atoms with E-state index in [1.54, 1.807) is 11.8 Å². The van der Waals surface area contributed by atoms with Crippen molar-refractivity contribution in [2.45, 2.75) is 57.0 Å². The van der Waals surface area contributed by atoms with Gasteiger partial charge in [0, 0.05) is 22.1 Å². The van der Waals surface area contributed by atoms with Crippen molar-refractivity contribution in [3.05, 3.63) is 78.4 Å². The third-order valence-corrected chi connectivity index (χ3v) is 8.26. The summed E-state index contributed by atoms with van der Waals surface area (Å²) >= 11 is 1.76. The van der Waals surface area contributed by atoms with Crippen molar-refractivity contribution in [3.8, 4) is 0 Å². The second-order valence-corrected chi connectivity index (χ2v) is 10.5. The average molecular weight is 437 g/mol. The Bertz CT molecular complexity index is 939.